The monoisotopic (exact) mass is 199 g/mol. The summed E-state index contributed by atoms with van der Waals surface area (Å²) in [7, 11) is 0. The summed E-state index contributed by atoms with van der Waals surface area (Å²) in [6, 6.07) is 0. The minimum absolute atomic E-state index is 0.270. The van der Waals surface area contributed by atoms with E-state index in [9.17, 15) is 4.79 Å². The molecule has 74 valence electrons. The highest BCUT2D eigenvalue weighted by Gasteiger charge is 2.19. The lowest BCUT2D eigenvalue weighted by Crippen LogP contribution is -2.39. The smallest absolute Gasteiger partial charge is 0.232 e. The van der Waals surface area contributed by atoms with Gasteiger partial charge in [-0.2, -0.15) is 11.8 Å². The van der Waals surface area contributed by atoms with Gasteiger partial charge in [0.1, 0.15) is 0 Å². The number of nitrogens with zero attached hydrogens (tertiary/aromatic N) is 1. The molecule has 0 N–H and O–H groups in total. The second-order valence-corrected chi connectivity index (χ2v) is 4.56. The Morgan fingerprint density at radius 1 is 1.77 bits per heavy atom. The molecule has 0 saturated carbocycles. The van der Waals surface area contributed by atoms with Crippen LogP contribution < -0.4 is 0 Å². The zero-order valence-electron chi connectivity index (χ0n) is 8.54. The van der Waals surface area contributed by atoms with Gasteiger partial charge in [-0.15, -0.1) is 0 Å². The average molecular weight is 199 g/mol. The lowest BCUT2D eigenvalue weighted by molar-refractivity contribution is -0.128. The molecular formula is C10H17NOS. The van der Waals surface area contributed by atoms with E-state index in [2.05, 4.69) is 19.9 Å². The van der Waals surface area contributed by atoms with Gasteiger partial charge in [0.2, 0.25) is 5.91 Å². The van der Waals surface area contributed by atoms with Crippen molar-refractivity contribution in [1.29, 1.82) is 0 Å². The van der Waals surface area contributed by atoms with E-state index in [1.807, 2.05) is 11.2 Å². The fourth-order valence-electron chi connectivity index (χ4n) is 1.71. The first-order chi connectivity index (χ1) is 6.13. The second-order valence-electron chi connectivity index (χ2n) is 3.70. The van der Waals surface area contributed by atoms with Gasteiger partial charge in [-0.25, -0.2) is 0 Å². The van der Waals surface area contributed by atoms with E-state index < -0.39 is 0 Å². The molecule has 0 aromatic heterocycles. The van der Waals surface area contributed by atoms with Crippen LogP contribution in [0.5, 0.6) is 0 Å². The molecule has 2 nitrogen and oxygen atoms in total. The van der Waals surface area contributed by atoms with Gasteiger partial charge in [-0.3, -0.25) is 4.79 Å². The molecule has 1 aliphatic rings. The first kappa shape index (κ1) is 10.6. The molecule has 0 radical (unpaired) electrons. The fourth-order valence-corrected chi connectivity index (χ4v) is 2.14. The zero-order valence-corrected chi connectivity index (χ0v) is 9.36. The zero-order chi connectivity index (χ0) is 9.84. The van der Waals surface area contributed by atoms with Crippen molar-refractivity contribution in [2.45, 2.75) is 13.8 Å². The minimum atomic E-state index is 0.270. The van der Waals surface area contributed by atoms with Crippen molar-refractivity contribution in [2.75, 3.05) is 25.1 Å². The van der Waals surface area contributed by atoms with Crippen LogP contribution in [0.15, 0.2) is 11.6 Å². The molecule has 0 aromatic carbocycles. The predicted molar refractivity (Wildman–Crippen MR) is 57.9 cm³/mol. The van der Waals surface area contributed by atoms with Gasteiger partial charge in [0.25, 0.3) is 0 Å². The Morgan fingerprint density at radius 3 is 3.00 bits per heavy atom. The maximum Gasteiger partial charge on any atom is 0.232 e. The topological polar surface area (TPSA) is 20.3 Å². The number of hydrogen-bond donors (Lipinski definition) is 0. The van der Waals surface area contributed by atoms with Crippen LogP contribution in [-0.2, 0) is 4.79 Å². The summed E-state index contributed by atoms with van der Waals surface area (Å²) >= 11 is 1.60. The summed E-state index contributed by atoms with van der Waals surface area (Å²) < 4.78 is 0. The van der Waals surface area contributed by atoms with Crippen LogP contribution in [0, 0.1) is 5.92 Å². The van der Waals surface area contributed by atoms with Crippen molar-refractivity contribution < 1.29 is 4.79 Å². The Hall–Kier alpha value is -0.440. The molecule has 1 amide bonds. The third-order valence-corrected chi connectivity index (χ3v) is 2.67. The first-order valence-corrected chi connectivity index (χ1v) is 5.97. The van der Waals surface area contributed by atoms with Crippen LogP contribution >= 0.6 is 11.8 Å². The van der Waals surface area contributed by atoms with Crippen molar-refractivity contribution in [3.8, 4) is 0 Å². The van der Waals surface area contributed by atoms with Crippen LogP contribution in [-0.4, -0.2) is 35.9 Å². The Morgan fingerprint density at radius 2 is 2.46 bits per heavy atom. The van der Waals surface area contributed by atoms with Crippen molar-refractivity contribution in [3.63, 3.8) is 0 Å². The van der Waals surface area contributed by atoms with Crippen LogP contribution in [0.4, 0.5) is 0 Å². The van der Waals surface area contributed by atoms with Crippen LogP contribution in [0.1, 0.15) is 13.8 Å². The van der Waals surface area contributed by atoms with Crippen molar-refractivity contribution in [1.82, 2.24) is 4.90 Å². The summed E-state index contributed by atoms with van der Waals surface area (Å²) in [5.74, 6) is 1.39. The molecule has 13 heavy (non-hydrogen) atoms. The standard InChI is InChI=1S/C10H17NOS/c1-8-4-9(2)6-11(5-8)10(12)7-13-3/h4,8H,5-7H2,1-3H3. The van der Waals surface area contributed by atoms with E-state index in [0.717, 1.165) is 13.1 Å². The number of hydrogen-bond acceptors (Lipinski definition) is 2. The lowest BCUT2D eigenvalue weighted by Gasteiger charge is -2.29. The van der Waals surface area contributed by atoms with Gasteiger partial charge in [0.05, 0.1) is 5.75 Å². The van der Waals surface area contributed by atoms with E-state index >= 15 is 0 Å². The molecule has 0 aromatic rings. The van der Waals surface area contributed by atoms with E-state index in [1.54, 1.807) is 11.8 Å². The summed E-state index contributed by atoms with van der Waals surface area (Å²) in [5, 5.41) is 0. The maximum atomic E-state index is 11.6. The van der Waals surface area contributed by atoms with E-state index in [4.69, 9.17) is 0 Å². The Balaban J connectivity index is 2.54. The number of amides is 1. The summed E-state index contributed by atoms with van der Waals surface area (Å²) in [6.45, 7) is 5.96. The van der Waals surface area contributed by atoms with Crippen molar-refractivity contribution in [2.24, 2.45) is 5.92 Å². The largest absolute Gasteiger partial charge is 0.337 e. The van der Waals surface area contributed by atoms with Gasteiger partial charge in [0, 0.05) is 13.1 Å². The van der Waals surface area contributed by atoms with E-state index in [1.165, 1.54) is 5.57 Å². The molecular weight excluding hydrogens is 182 g/mol. The number of rotatable bonds is 2. The normalized spacial score (nSPS) is 22.8. The lowest BCUT2D eigenvalue weighted by atomic mass is 10.0. The summed E-state index contributed by atoms with van der Waals surface area (Å²) in [6.07, 6.45) is 4.22. The highest BCUT2D eigenvalue weighted by Crippen LogP contribution is 2.15. The van der Waals surface area contributed by atoms with Gasteiger partial charge in [-0.1, -0.05) is 18.6 Å². The Labute approximate surface area is 84.4 Å². The Kier molecular flexibility index (Phi) is 3.85. The molecule has 0 saturated heterocycles. The molecule has 1 aliphatic heterocycles. The van der Waals surface area contributed by atoms with Crippen LogP contribution in [0.2, 0.25) is 0 Å². The molecule has 0 bridgehead atoms. The quantitative estimate of drug-likeness (QED) is 0.632. The molecule has 3 heteroatoms. The Bertz CT molecular complexity index is 225. The molecule has 0 fully saturated rings. The predicted octanol–water partition coefficient (Wildman–Crippen LogP) is 1.77. The summed E-state index contributed by atoms with van der Waals surface area (Å²) in [5.41, 5.74) is 1.31. The maximum absolute atomic E-state index is 11.6. The molecule has 0 spiro atoms. The molecule has 0 aliphatic carbocycles. The van der Waals surface area contributed by atoms with Gasteiger partial charge >= 0.3 is 0 Å². The average Bonchev–Trinajstić information content (AvgIpc) is 2.03. The number of carbonyl (C=O) groups excluding carboxylic acids is 1. The van der Waals surface area contributed by atoms with Crippen LogP contribution in [0.3, 0.4) is 0 Å². The second kappa shape index (κ2) is 4.70. The molecule has 1 rings (SSSR count). The molecule has 1 unspecified atom stereocenters. The van der Waals surface area contributed by atoms with Crippen molar-refractivity contribution >= 4 is 17.7 Å². The van der Waals surface area contributed by atoms with Crippen molar-refractivity contribution in [3.05, 3.63) is 11.6 Å². The third kappa shape index (κ3) is 3.07. The minimum Gasteiger partial charge on any atom is -0.337 e. The fraction of sp³-hybridized carbons (Fsp3) is 0.700. The summed E-state index contributed by atoms with van der Waals surface area (Å²) in [4.78, 5) is 13.5. The van der Waals surface area contributed by atoms with Gasteiger partial charge in [0.15, 0.2) is 0 Å². The molecule has 1 heterocycles. The third-order valence-electron chi connectivity index (χ3n) is 2.14. The van der Waals surface area contributed by atoms with E-state index in [0.29, 0.717) is 11.7 Å². The van der Waals surface area contributed by atoms with E-state index in [-0.39, 0.29) is 5.91 Å². The highest BCUT2D eigenvalue weighted by molar-refractivity contribution is 7.99. The van der Waals surface area contributed by atoms with Gasteiger partial charge in [-0.05, 0) is 19.1 Å². The number of carbonyl (C=O) groups is 1. The highest BCUT2D eigenvalue weighted by atomic mass is 32.2. The SMILES string of the molecule is CSCC(=O)N1CC(C)=CC(C)C1. The molecule has 1 atom stereocenters. The number of thioether (sulfide) groups is 1. The van der Waals surface area contributed by atoms with Gasteiger partial charge < -0.3 is 4.90 Å². The van der Waals surface area contributed by atoms with Crippen LogP contribution in [0.25, 0.3) is 0 Å². The first-order valence-electron chi connectivity index (χ1n) is 4.57.